The molecule has 2 rings (SSSR count). The molecule has 108 valence electrons. The first kappa shape index (κ1) is 14.7. The first-order chi connectivity index (χ1) is 9.51. The van der Waals surface area contributed by atoms with Crippen molar-refractivity contribution in [3.05, 3.63) is 35.4 Å². The van der Waals surface area contributed by atoms with E-state index < -0.39 is 0 Å². The largest absolute Gasteiger partial charge is 0.393 e. The van der Waals surface area contributed by atoms with Crippen LogP contribution in [0, 0.1) is 5.92 Å². The molecule has 4 nitrogen and oxygen atoms in total. The van der Waals surface area contributed by atoms with Crippen LogP contribution in [0.2, 0.25) is 0 Å². The molecule has 0 saturated heterocycles. The number of hydrogen-bond acceptors (Lipinski definition) is 3. The molecule has 1 aliphatic rings. The van der Waals surface area contributed by atoms with E-state index in [1.807, 2.05) is 6.92 Å². The van der Waals surface area contributed by atoms with Gasteiger partial charge in [-0.05, 0) is 44.2 Å². The van der Waals surface area contributed by atoms with Crippen molar-refractivity contribution in [2.75, 3.05) is 0 Å². The minimum atomic E-state index is -0.216. The lowest BCUT2D eigenvalue weighted by Gasteiger charge is -2.37. The van der Waals surface area contributed by atoms with Crippen LogP contribution in [-0.4, -0.2) is 28.9 Å². The Morgan fingerprint density at radius 2 is 2.00 bits per heavy atom. The highest BCUT2D eigenvalue weighted by Crippen LogP contribution is 2.31. The van der Waals surface area contributed by atoms with Gasteiger partial charge in [0.15, 0.2) is 5.78 Å². The summed E-state index contributed by atoms with van der Waals surface area (Å²) in [5, 5.41) is 12.4. The van der Waals surface area contributed by atoms with Gasteiger partial charge in [-0.1, -0.05) is 19.1 Å². The lowest BCUT2D eigenvalue weighted by Crippen LogP contribution is -2.46. The average Bonchev–Trinajstić information content (AvgIpc) is 2.41. The Morgan fingerprint density at radius 3 is 2.55 bits per heavy atom. The van der Waals surface area contributed by atoms with E-state index in [0.29, 0.717) is 17.0 Å². The van der Waals surface area contributed by atoms with Gasteiger partial charge in [-0.2, -0.15) is 0 Å². The molecule has 2 N–H and O–H groups in total. The van der Waals surface area contributed by atoms with Crippen molar-refractivity contribution in [2.24, 2.45) is 5.92 Å². The van der Waals surface area contributed by atoms with E-state index in [2.05, 4.69) is 5.32 Å². The van der Waals surface area contributed by atoms with Crippen LogP contribution < -0.4 is 5.32 Å². The Labute approximate surface area is 119 Å². The lowest BCUT2D eigenvalue weighted by molar-refractivity contribution is 0.0232. The van der Waals surface area contributed by atoms with E-state index in [0.717, 1.165) is 19.3 Å². The first-order valence-corrected chi connectivity index (χ1v) is 7.11. The topological polar surface area (TPSA) is 66.4 Å². The molecule has 1 aromatic rings. The van der Waals surface area contributed by atoms with Gasteiger partial charge in [0.2, 0.25) is 0 Å². The lowest BCUT2D eigenvalue weighted by atomic mass is 9.76. The van der Waals surface area contributed by atoms with Crippen molar-refractivity contribution < 1.29 is 14.7 Å². The summed E-state index contributed by atoms with van der Waals surface area (Å²) in [6.07, 6.45) is 2.14. The van der Waals surface area contributed by atoms with Crippen molar-refractivity contribution in [3.63, 3.8) is 0 Å². The van der Waals surface area contributed by atoms with Gasteiger partial charge in [0.25, 0.3) is 5.91 Å². The Morgan fingerprint density at radius 1 is 1.35 bits per heavy atom. The number of hydrogen-bond donors (Lipinski definition) is 2. The van der Waals surface area contributed by atoms with E-state index in [9.17, 15) is 14.7 Å². The van der Waals surface area contributed by atoms with Crippen LogP contribution in [0.25, 0.3) is 0 Å². The second-order valence-electron chi connectivity index (χ2n) is 5.51. The molecule has 1 fully saturated rings. The number of aliphatic hydroxyl groups is 1. The maximum atomic E-state index is 12.2. The highest BCUT2D eigenvalue weighted by molar-refractivity contribution is 5.99. The van der Waals surface area contributed by atoms with Crippen molar-refractivity contribution in [1.82, 2.24) is 5.32 Å². The van der Waals surface area contributed by atoms with Gasteiger partial charge in [-0.25, -0.2) is 0 Å². The van der Waals surface area contributed by atoms with Gasteiger partial charge in [0, 0.05) is 17.2 Å². The number of carbonyl (C=O) groups excluding carboxylic acids is 2. The Kier molecular flexibility index (Phi) is 4.55. The summed E-state index contributed by atoms with van der Waals surface area (Å²) in [6.45, 7) is 3.52. The van der Waals surface area contributed by atoms with E-state index in [4.69, 9.17) is 0 Å². The predicted octanol–water partition coefficient (Wildman–Crippen LogP) is 2.17. The monoisotopic (exact) mass is 275 g/mol. The molecule has 0 unspecified atom stereocenters. The molecule has 20 heavy (non-hydrogen) atoms. The van der Waals surface area contributed by atoms with Crippen molar-refractivity contribution in [1.29, 1.82) is 0 Å². The third-order valence-corrected chi connectivity index (χ3v) is 4.01. The summed E-state index contributed by atoms with van der Waals surface area (Å²) in [5.74, 6) is 0.157. The second kappa shape index (κ2) is 6.18. The highest BCUT2D eigenvalue weighted by atomic mass is 16.3. The summed E-state index contributed by atoms with van der Waals surface area (Å²) in [6, 6.07) is 6.86. The number of rotatable bonds is 5. The maximum Gasteiger partial charge on any atom is 0.251 e. The van der Waals surface area contributed by atoms with Gasteiger partial charge in [-0.15, -0.1) is 0 Å². The fraction of sp³-hybridized carbons (Fsp3) is 0.500. The summed E-state index contributed by atoms with van der Waals surface area (Å²) < 4.78 is 0. The third kappa shape index (κ3) is 3.25. The molecular formula is C16H21NO3. The van der Waals surface area contributed by atoms with Crippen molar-refractivity contribution >= 4 is 11.7 Å². The normalized spacial score (nSPS) is 22.8. The number of carbonyl (C=O) groups is 2. The fourth-order valence-corrected chi connectivity index (χ4v) is 2.64. The van der Waals surface area contributed by atoms with Crippen LogP contribution >= 0.6 is 0 Å². The number of nitrogens with one attached hydrogen (secondary N) is 1. The van der Waals surface area contributed by atoms with E-state index in [1.165, 1.54) is 6.92 Å². The molecule has 1 aliphatic carbocycles. The van der Waals surface area contributed by atoms with E-state index in [1.54, 1.807) is 24.3 Å². The fourth-order valence-electron chi connectivity index (χ4n) is 2.64. The van der Waals surface area contributed by atoms with Crippen LogP contribution in [0.3, 0.4) is 0 Å². The Balaban J connectivity index is 2.03. The van der Waals surface area contributed by atoms with Crippen LogP contribution in [0.1, 0.15) is 53.8 Å². The SMILES string of the molecule is CC[C@H](NC(=O)c1cccc(C(C)=O)c1)C1CC(O)C1. The molecule has 0 spiro atoms. The quantitative estimate of drug-likeness (QED) is 0.809. The first-order valence-electron chi connectivity index (χ1n) is 7.11. The Bertz CT molecular complexity index is 506. The molecule has 0 heterocycles. The maximum absolute atomic E-state index is 12.2. The molecular weight excluding hydrogens is 254 g/mol. The predicted molar refractivity (Wildman–Crippen MR) is 76.7 cm³/mol. The van der Waals surface area contributed by atoms with Gasteiger partial charge in [-0.3, -0.25) is 9.59 Å². The van der Waals surface area contributed by atoms with Gasteiger partial charge >= 0.3 is 0 Å². The van der Waals surface area contributed by atoms with Crippen molar-refractivity contribution in [2.45, 2.75) is 45.3 Å². The van der Waals surface area contributed by atoms with Crippen LogP contribution in [-0.2, 0) is 0 Å². The zero-order valence-corrected chi connectivity index (χ0v) is 11.9. The minimum absolute atomic E-state index is 0.0474. The second-order valence-corrected chi connectivity index (χ2v) is 5.51. The summed E-state index contributed by atoms with van der Waals surface area (Å²) in [5.41, 5.74) is 1.06. The molecule has 1 amide bonds. The molecule has 4 heteroatoms. The van der Waals surface area contributed by atoms with Gasteiger partial charge in [0.05, 0.1) is 6.10 Å². The van der Waals surface area contributed by atoms with Crippen LogP contribution in [0.4, 0.5) is 0 Å². The summed E-state index contributed by atoms with van der Waals surface area (Å²) in [4.78, 5) is 23.6. The molecule has 1 saturated carbocycles. The van der Waals surface area contributed by atoms with Crippen LogP contribution in [0.5, 0.6) is 0 Å². The van der Waals surface area contributed by atoms with E-state index in [-0.39, 0.29) is 23.8 Å². The third-order valence-electron chi connectivity index (χ3n) is 4.01. The zero-order chi connectivity index (χ0) is 14.7. The number of benzene rings is 1. The molecule has 0 aromatic heterocycles. The molecule has 1 aromatic carbocycles. The minimum Gasteiger partial charge on any atom is -0.393 e. The zero-order valence-electron chi connectivity index (χ0n) is 11.9. The highest BCUT2D eigenvalue weighted by Gasteiger charge is 2.33. The summed E-state index contributed by atoms with van der Waals surface area (Å²) >= 11 is 0. The molecule has 0 bridgehead atoms. The molecule has 0 aliphatic heterocycles. The van der Waals surface area contributed by atoms with Crippen molar-refractivity contribution in [3.8, 4) is 0 Å². The average molecular weight is 275 g/mol. The number of ketones is 1. The molecule has 1 atom stereocenters. The number of amides is 1. The number of aliphatic hydroxyl groups excluding tert-OH is 1. The number of Topliss-reactive ketones (excluding diaryl/α,β-unsaturated/α-hetero) is 1. The van der Waals surface area contributed by atoms with Crippen LogP contribution in [0.15, 0.2) is 24.3 Å². The molecule has 0 radical (unpaired) electrons. The smallest absolute Gasteiger partial charge is 0.251 e. The van der Waals surface area contributed by atoms with Gasteiger partial charge < -0.3 is 10.4 Å². The Hall–Kier alpha value is -1.68. The standard InChI is InChI=1S/C16H21NO3/c1-3-15(13-8-14(19)9-13)17-16(20)12-6-4-5-11(7-12)10(2)18/h4-7,13-15,19H,3,8-9H2,1-2H3,(H,17,20)/t13?,14?,15-/m0/s1. The van der Waals surface area contributed by atoms with E-state index >= 15 is 0 Å². The van der Waals surface area contributed by atoms with Gasteiger partial charge in [0.1, 0.15) is 0 Å². The summed E-state index contributed by atoms with van der Waals surface area (Å²) in [7, 11) is 0.